The lowest BCUT2D eigenvalue weighted by Gasteiger charge is -2.09. The Hall–Kier alpha value is -3.74. The van der Waals surface area contributed by atoms with Gasteiger partial charge in [0, 0.05) is 23.5 Å². The molecule has 0 radical (unpaired) electrons. The smallest absolute Gasteiger partial charge is 0.238 e. The van der Waals surface area contributed by atoms with E-state index in [4.69, 9.17) is 10.1 Å². The van der Waals surface area contributed by atoms with Crippen LogP contribution in [0.2, 0.25) is 0 Å². The summed E-state index contributed by atoms with van der Waals surface area (Å²) in [5, 5.41) is 5.24. The molecule has 0 aliphatic carbocycles. The van der Waals surface area contributed by atoms with E-state index in [-0.39, 0.29) is 4.90 Å². The van der Waals surface area contributed by atoms with E-state index in [1.807, 2.05) is 65.3 Å². The molecule has 0 atom stereocenters. The fraction of sp³-hybridized carbons (Fsp3) is 0. The molecule has 0 amide bonds. The molecular formula is C25H19N3O2S. The Bertz CT molecular complexity index is 1480. The first-order valence-corrected chi connectivity index (χ1v) is 11.3. The molecule has 0 saturated carbocycles. The summed E-state index contributed by atoms with van der Waals surface area (Å²) >= 11 is 0. The van der Waals surface area contributed by atoms with E-state index in [1.54, 1.807) is 12.1 Å². The maximum atomic E-state index is 11.6. The quantitative estimate of drug-likeness (QED) is 0.441. The molecule has 31 heavy (non-hydrogen) atoms. The predicted molar refractivity (Wildman–Crippen MR) is 123 cm³/mol. The normalized spacial score (nSPS) is 11.6. The van der Waals surface area contributed by atoms with Gasteiger partial charge in [0.15, 0.2) is 0 Å². The van der Waals surface area contributed by atoms with Crippen LogP contribution in [-0.2, 0) is 10.0 Å². The number of fused-ring (bicyclic) bond motifs is 1. The lowest BCUT2D eigenvalue weighted by Crippen LogP contribution is -2.11. The number of imidazole rings is 1. The van der Waals surface area contributed by atoms with E-state index in [0.717, 1.165) is 39.2 Å². The number of primary sulfonamides is 1. The summed E-state index contributed by atoms with van der Waals surface area (Å²) in [5.41, 5.74) is 6.68. The minimum absolute atomic E-state index is 0.0922. The third kappa shape index (κ3) is 3.74. The molecule has 0 fully saturated rings. The lowest BCUT2D eigenvalue weighted by molar-refractivity contribution is 0.598. The number of rotatable bonds is 4. The van der Waals surface area contributed by atoms with Crippen LogP contribution in [0.4, 0.5) is 0 Å². The Balaban J connectivity index is 1.71. The maximum Gasteiger partial charge on any atom is 0.238 e. The SMILES string of the molecule is NS(=O)(=O)c1ccc(-c2cc(-c3ccccc3)c3nc(-c4ccccc4)cn3c2)cc1. The molecule has 3 aromatic carbocycles. The zero-order valence-electron chi connectivity index (χ0n) is 16.5. The second-order valence-electron chi connectivity index (χ2n) is 7.30. The lowest BCUT2D eigenvalue weighted by atomic mass is 10.0. The largest absolute Gasteiger partial charge is 0.305 e. The number of nitrogens with zero attached hydrogens (tertiary/aromatic N) is 2. The number of pyridine rings is 1. The molecule has 6 heteroatoms. The van der Waals surface area contributed by atoms with Gasteiger partial charge in [-0.15, -0.1) is 0 Å². The maximum absolute atomic E-state index is 11.6. The van der Waals surface area contributed by atoms with E-state index < -0.39 is 10.0 Å². The van der Waals surface area contributed by atoms with Gasteiger partial charge in [-0.05, 0) is 34.9 Å². The van der Waals surface area contributed by atoms with Gasteiger partial charge in [0.1, 0.15) is 5.65 Å². The number of sulfonamides is 1. The second kappa shape index (κ2) is 7.50. The van der Waals surface area contributed by atoms with E-state index in [0.29, 0.717) is 0 Å². The molecule has 0 saturated heterocycles. The summed E-state index contributed by atoms with van der Waals surface area (Å²) in [5.74, 6) is 0. The Morgan fingerprint density at radius 2 is 1.29 bits per heavy atom. The van der Waals surface area contributed by atoms with Crippen molar-refractivity contribution in [3.63, 3.8) is 0 Å². The highest BCUT2D eigenvalue weighted by atomic mass is 32.2. The Labute approximate surface area is 180 Å². The monoisotopic (exact) mass is 425 g/mol. The molecule has 2 aromatic heterocycles. The van der Waals surface area contributed by atoms with Crippen LogP contribution < -0.4 is 5.14 Å². The van der Waals surface area contributed by atoms with E-state index in [9.17, 15) is 8.42 Å². The van der Waals surface area contributed by atoms with Crippen LogP contribution in [0.5, 0.6) is 0 Å². The van der Waals surface area contributed by atoms with Crippen molar-refractivity contribution in [1.29, 1.82) is 0 Å². The van der Waals surface area contributed by atoms with Crippen LogP contribution >= 0.6 is 0 Å². The molecule has 5 aromatic rings. The topological polar surface area (TPSA) is 77.5 Å². The van der Waals surface area contributed by atoms with Crippen molar-refractivity contribution in [3.05, 3.63) is 103 Å². The van der Waals surface area contributed by atoms with Gasteiger partial charge < -0.3 is 4.40 Å². The molecule has 5 nitrogen and oxygen atoms in total. The highest BCUT2D eigenvalue weighted by Crippen LogP contribution is 2.32. The number of benzene rings is 3. The standard InChI is InChI=1S/C25H19N3O2S/c26-31(29,30)22-13-11-18(12-14-22)21-15-23(19-7-3-1-4-8-19)25-27-24(17-28(25)16-21)20-9-5-2-6-10-20/h1-17H,(H2,26,29,30). The summed E-state index contributed by atoms with van der Waals surface area (Å²) in [4.78, 5) is 5.00. The molecule has 2 N–H and O–H groups in total. The van der Waals surface area contributed by atoms with Gasteiger partial charge >= 0.3 is 0 Å². The van der Waals surface area contributed by atoms with E-state index in [2.05, 4.69) is 18.2 Å². The van der Waals surface area contributed by atoms with Crippen molar-refractivity contribution in [3.8, 4) is 33.5 Å². The average molecular weight is 426 g/mol. The van der Waals surface area contributed by atoms with Crippen molar-refractivity contribution in [2.45, 2.75) is 4.90 Å². The Morgan fingerprint density at radius 1 is 0.677 bits per heavy atom. The second-order valence-corrected chi connectivity index (χ2v) is 8.86. The van der Waals surface area contributed by atoms with Crippen molar-refractivity contribution in [2.24, 2.45) is 5.14 Å². The number of nitrogens with two attached hydrogens (primary N) is 1. The van der Waals surface area contributed by atoms with Gasteiger partial charge in [-0.2, -0.15) is 0 Å². The fourth-order valence-electron chi connectivity index (χ4n) is 3.67. The van der Waals surface area contributed by atoms with Gasteiger partial charge in [-0.3, -0.25) is 0 Å². The number of aromatic nitrogens is 2. The van der Waals surface area contributed by atoms with Gasteiger partial charge in [-0.1, -0.05) is 72.8 Å². The molecular weight excluding hydrogens is 406 g/mol. The average Bonchev–Trinajstić information content (AvgIpc) is 3.23. The van der Waals surface area contributed by atoms with Gasteiger partial charge in [0.25, 0.3) is 0 Å². The van der Waals surface area contributed by atoms with Crippen LogP contribution in [0.25, 0.3) is 39.2 Å². The molecule has 0 unspecified atom stereocenters. The number of hydrogen-bond donors (Lipinski definition) is 1. The zero-order chi connectivity index (χ0) is 21.4. The van der Waals surface area contributed by atoms with Crippen molar-refractivity contribution >= 4 is 15.7 Å². The third-order valence-corrected chi connectivity index (χ3v) is 6.15. The van der Waals surface area contributed by atoms with E-state index in [1.165, 1.54) is 12.1 Å². The minimum atomic E-state index is -3.73. The first-order valence-electron chi connectivity index (χ1n) is 9.76. The first-order chi connectivity index (χ1) is 15.0. The molecule has 0 bridgehead atoms. The van der Waals surface area contributed by atoms with Gasteiger partial charge in [0.2, 0.25) is 10.0 Å². The third-order valence-electron chi connectivity index (χ3n) is 5.22. The van der Waals surface area contributed by atoms with Crippen LogP contribution in [0.15, 0.2) is 108 Å². The molecule has 0 spiro atoms. The molecule has 152 valence electrons. The predicted octanol–water partition coefficient (Wildman–Crippen LogP) is 4.98. The molecule has 0 aliphatic heterocycles. The van der Waals surface area contributed by atoms with Gasteiger partial charge in [0.05, 0.1) is 10.6 Å². The summed E-state index contributed by atoms with van der Waals surface area (Å²) < 4.78 is 25.2. The van der Waals surface area contributed by atoms with Crippen molar-refractivity contribution in [1.82, 2.24) is 9.38 Å². The Kier molecular flexibility index (Phi) is 4.66. The van der Waals surface area contributed by atoms with Crippen molar-refractivity contribution in [2.75, 3.05) is 0 Å². The fourth-order valence-corrected chi connectivity index (χ4v) is 4.19. The van der Waals surface area contributed by atoms with Gasteiger partial charge in [-0.25, -0.2) is 18.5 Å². The van der Waals surface area contributed by atoms with Crippen molar-refractivity contribution < 1.29 is 8.42 Å². The molecule has 0 aliphatic rings. The molecule has 2 heterocycles. The minimum Gasteiger partial charge on any atom is -0.305 e. The highest BCUT2D eigenvalue weighted by Gasteiger charge is 2.13. The zero-order valence-corrected chi connectivity index (χ0v) is 17.3. The summed E-state index contributed by atoms with van der Waals surface area (Å²) in [6.45, 7) is 0. The van der Waals surface area contributed by atoms with Crippen LogP contribution in [0, 0.1) is 0 Å². The summed E-state index contributed by atoms with van der Waals surface area (Å²) in [6.07, 6.45) is 4.02. The number of hydrogen-bond acceptors (Lipinski definition) is 3. The van der Waals surface area contributed by atoms with Crippen LogP contribution in [0.1, 0.15) is 0 Å². The Morgan fingerprint density at radius 3 is 1.90 bits per heavy atom. The van der Waals surface area contributed by atoms with E-state index >= 15 is 0 Å². The van der Waals surface area contributed by atoms with Crippen LogP contribution in [-0.4, -0.2) is 17.8 Å². The molecule has 5 rings (SSSR count). The highest BCUT2D eigenvalue weighted by molar-refractivity contribution is 7.89. The first kappa shape index (κ1) is 19.2. The van der Waals surface area contributed by atoms with Crippen LogP contribution in [0.3, 0.4) is 0 Å². The summed E-state index contributed by atoms with van der Waals surface area (Å²) in [6, 6.07) is 28.8. The summed E-state index contributed by atoms with van der Waals surface area (Å²) in [7, 11) is -3.73.